The molecule has 0 aromatic heterocycles. The second kappa shape index (κ2) is 7.28. The van der Waals surface area contributed by atoms with E-state index >= 15 is 0 Å². The summed E-state index contributed by atoms with van der Waals surface area (Å²) in [6.07, 6.45) is 0. The van der Waals surface area contributed by atoms with Crippen LogP contribution < -0.4 is 10.2 Å². The van der Waals surface area contributed by atoms with Crippen molar-refractivity contribution < 1.29 is 4.79 Å². The Kier molecular flexibility index (Phi) is 5.09. The van der Waals surface area contributed by atoms with Gasteiger partial charge in [-0.15, -0.1) is 0 Å². The van der Waals surface area contributed by atoms with E-state index in [2.05, 4.69) is 41.2 Å². The Morgan fingerprint density at radius 1 is 0.920 bits per heavy atom. The molecule has 0 aliphatic carbocycles. The number of nitrogens with one attached hydrogen (secondary N) is 1. The first-order valence-electron chi connectivity index (χ1n) is 8.87. The lowest BCUT2D eigenvalue weighted by molar-refractivity contribution is 0.102. The molecule has 1 amide bonds. The standard InChI is InChI=1S/C21H27N3O/c1-15-5-7-19(16(2)13-15)21(25)22-20-8-6-18(14-17(20)3)24-11-9-23(4)10-12-24/h5-8,13-14H,9-12H2,1-4H3,(H,22,25). The first-order chi connectivity index (χ1) is 11.9. The number of rotatable bonds is 3. The van der Waals surface area contributed by atoms with Gasteiger partial charge in [-0.05, 0) is 63.2 Å². The fourth-order valence-electron chi connectivity index (χ4n) is 3.31. The van der Waals surface area contributed by atoms with E-state index in [1.54, 1.807) is 0 Å². The zero-order valence-electron chi connectivity index (χ0n) is 15.6. The minimum atomic E-state index is -0.0482. The molecule has 0 unspecified atom stereocenters. The van der Waals surface area contributed by atoms with Crippen LogP contribution >= 0.6 is 0 Å². The topological polar surface area (TPSA) is 35.6 Å². The molecule has 2 aromatic carbocycles. The normalized spacial score (nSPS) is 15.3. The average molecular weight is 337 g/mol. The fraction of sp³-hybridized carbons (Fsp3) is 0.381. The van der Waals surface area contributed by atoms with E-state index < -0.39 is 0 Å². The van der Waals surface area contributed by atoms with Gasteiger partial charge in [0.2, 0.25) is 0 Å². The predicted octanol–water partition coefficient (Wildman–Crippen LogP) is 3.62. The van der Waals surface area contributed by atoms with Crippen LogP contribution in [-0.2, 0) is 0 Å². The minimum Gasteiger partial charge on any atom is -0.369 e. The lowest BCUT2D eigenvalue weighted by Gasteiger charge is -2.34. The Hall–Kier alpha value is -2.33. The van der Waals surface area contributed by atoms with Gasteiger partial charge in [0, 0.05) is 43.1 Å². The van der Waals surface area contributed by atoms with Gasteiger partial charge < -0.3 is 15.1 Å². The molecule has 0 bridgehead atoms. The summed E-state index contributed by atoms with van der Waals surface area (Å²) in [4.78, 5) is 17.3. The third kappa shape index (κ3) is 4.02. The first kappa shape index (κ1) is 17.5. The van der Waals surface area contributed by atoms with E-state index in [0.29, 0.717) is 0 Å². The molecule has 25 heavy (non-hydrogen) atoms. The molecule has 1 aliphatic rings. The van der Waals surface area contributed by atoms with Gasteiger partial charge in [0.25, 0.3) is 5.91 Å². The highest BCUT2D eigenvalue weighted by Gasteiger charge is 2.16. The van der Waals surface area contributed by atoms with Crippen molar-refractivity contribution in [1.29, 1.82) is 0 Å². The zero-order chi connectivity index (χ0) is 18.0. The predicted molar refractivity (Wildman–Crippen MR) is 105 cm³/mol. The van der Waals surface area contributed by atoms with Gasteiger partial charge in [-0.1, -0.05) is 17.7 Å². The number of benzene rings is 2. The Balaban J connectivity index is 1.74. The van der Waals surface area contributed by atoms with Crippen LogP contribution in [0.1, 0.15) is 27.0 Å². The number of carbonyl (C=O) groups excluding carboxylic acids is 1. The SMILES string of the molecule is Cc1ccc(C(=O)Nc2ccc(N3CCN(C)CC3)cc2C)c(C)c1. The maximum absolute atomic E-state index is 12.6. The second-order valence-electron chi connectivity index (χ2n) is 7.06. The van der Waals surface area contributed by atoms with Gasteiger partial charge >= 0.3 is 0 Å². The van der Waals surface area contributed by atoms with Crippen molar-refractivity contribution in [3.63, 3.8) is 0 Å². The number of carbonyl (C=O) groups is 1. The van der Waals surface area contributed by atoms with Crippen LogP contribution in [0.2, 0.25) is 0 Å². The molecule has 0 atom stereocenters. The van der Waals surface area contributed by atoms with Gasteiger partial charge in [0.15, 0.2) is 0 Å². The molecule has 0 spiro atoms. The van der Waals surface area contributed by atoms with E-state index in [-0.39, 0.29) is 5.91 Å². The van der Waals surface area contributed by atoms with E-state index in [1.165, 1.54) is 11.3 Å². The van der Waals surface area contributed by atoms with E-state index in [4.69, 9.17) is 0 Å². The lowest BCUT2D eigenvalue weighted by Crippen LogP contribution is -2.44. The maximum atomic E-state index is 12.6. The highest BCUT2D eigenvalue weighted by molar-refractivity contribution is 6.05. The van der Waals surface area contributed by atoms with Crippen molar-refractivity contribution in [2.45, 2.75) is 20.8 Å². The summed E-state index contributed by atoms with van der Waals surface area (Å²) in [5.41, 5.74) is 6.10. The molecule has 4 nitrogen and oxygen atoms in total. The molecule has 132 valence electrons. The van der Waals surface area contributed by atoms with Crippen LogP contribution in [0.25, 0.3) is 0 Å². The smallest absolute Gasteiger partial charge is 0.255 e. The Labute approximate surface area is 150 Å². The molecule has 0 saturated carbocycles. The highest BCUT2D eigenvalue weighted by Crippen LogP contribution is 2.24. The van der Waals surface area contributed by atoms with Crippen LogP contribution in [0.4, 0.5) is 11.4 Å². The van der Waals surface area contributed by atoms with Gasteiger partial charge in [-0.2, -0.15) is 0 Å². The van der Waals surface area contributed by atoms with Crippen LogP contribution in [0.15, 0.2) is 36.4 Å². The molecule has 4 heteroatoms. The number of anilines is 2. The maximum Gasteiger partial charge on any atom is 0.255 e. The van der Waals surface area contributed by atoms with E-state index in [1.807, 2.05) is 38.1 Å². The van der Waals surface area contributed by atoms with Gasteiger partial charge in [-0.3, -0.25) is 4.79 Å². The number of likely N-dealkylation sites (N-methyl/N-ethyl adjacent to an activating group) is 1. The largest absolute Gasteiger partial charge is 0.369 e. The molecule has 3 rings (SSSR count). The van der Waals surface area contributed by atoms with Crippen molar-refractivity contribution in [2.24, 2.45) is 0 Å². The summed E-state index contributed by atoms with van der Waals surface area (Å²) >= 11 is 0. The number of hydrogen-bond acceptors (Lipinski definition) is 3. The molecular formula is C21H27N3O. The van der Waals surface area contributed by atoms with Crippen molar-refractivity contribution in [1.82, 2.24) is 4.90 Å². The van der Waals surface area contributed by atoms with E-state index in [9.17, 15) is 4.79 Å². The molecule has 1 aliphatic heterocycles. The van der Waals surface area contributed by atoms with Gasteiger partial charge in [0.05, 0.1) is 0 Å². The minimum absolute atomic E-state index is 0.0482. The number of piperazine rings is 1. The summed E-state index contributed by atoms with van der Waals surface area (Å²) in [6.45, 7) is 10.3. The van der Waals surface area contributed by atoms with Crippen LogP contribution in [0, 0.1) is 20.8 Å². The molecule has 1 N–H and O–H groups in total. The van der Waals surface area contributed by atoms with Crippen molar-refractivity contribution >= 4 is 17.3 Å². The third-order valence-electron chi connectivity index (χ3n) is 4.95. The van der Waals surface area contributed by atoms with Crippen LogP contribution in [-0.4, -0.2) is 44.0 Å². The Morgan fingerprint density at radius 2 is 1.64 bits per heavy atom. The molecule has 1 saturated heterocycles. The zero-order valence-corrected chi connectivity index (χ0v) is 15.6. The number of aryl methyl sites for hydroxylation is 3. The van der Waals surface area contributed by atoms with Crippen molar-refractivity contribution in [3.8, 4) is 0 Å². The average Bonchev–Trinajstić information content (AvgIpc) is 2.57. The van der Waals surface area contributed by atoms with E-state index in [0.717, 1.165) is 48.6 Å². The lowest BCUT2D eigenvalue weighted by atomic mass is 10.0. The fourth-order valence-corrected chi connectivity index (χ4v) is 3.31. The van der Waals surface area contributed by atoms with Crippen LogP contribution in [0.3, 0.4) is 0 Å². The summed E-state index contributed by atoms with van der Waals surface area (Å²) in [5.74, 6) is -0.0482. The number of hydrogen-bond donors (Lipinski definition) is 1. The van der Waals surface area contributed by atoms with Crippen molar-refractivity contribution in [2.75, 3.05) is 43.4 Å². The molecular weight excluding hydrogens is 310 g/mol. The van der Waals surface area contributed by atoms with Crippen molar-refractivity contribution in [3.05, 3.63) is 58.7 Å². The number of nitrogens with zero attached hydrogens (tertiary/aromatic N) is 2. The summed E-state index contributed by atoms with van der Waals surface area (Å²) < 4.78 is 0. The second-order valence-corrected chi connectivity index (χ2v) is 7.06. The molecule has 0 radical (unpaired) electrons. The summed E-state index contributed by atoms with van der Waals surface area (Å²) in [6, 6.07) is 12.2. The molecule has 1 fully saturated rings. The van der Waals surface area contributed by atoms with Crippen LogP contribution in [0.5, 0.6) is 0 Å². The van der Waals surface area contributed by atoms with Gasteiger partial charge in [-0.25, -0.2) is 0 Å². The van der Waals surface area contributed by atoms with Gasteiger partial charge in [0.1, 0.15) is 0 Å². The first-order valence-corrected chi connectivity index (χ1v) is 8.87. The molecule has 1 heterocycles. The summed E-state index contributed by atoms with van der Waals surface area (Å²) in [7, 11) is 2.16. The molecule has 2 aromatic rings. The summed E-state index contributed by atoms with van der Waals surface area (Å²) in [5, 5.41) is 3.06. The highest BCUT2D eigenvalue weighted by atomic mass is 16.1. The third-order valence-corrected chi connectivity index (χ3v) is 4.95. The quantitative estimate of drug-likeness (QED) is 0.929. The Morgan fingerprint density at radius 3 is 2.28 bits per heavy atom. The number of amides is 1. The Bertz CT molecular complexity index is 777. The monoisotopic (exact) mass is 337 g/mol.